The summed E-state index contributed by atoms with van der Waals surface area (Å²) in [5, 5.41) is 0.752. The molecule has 0 saturated carbocycles. The standard InChI is InChI=1S/C11H11NO4/c1-14-6-15-8-3-2-7-4-9(12)11(13)16-10(7)5-8/h2-5H,6,12H2,1H3. The summed E-state index contributed by atoms with van der Waals surface area (Å²) < 4.78 is 15.0. The van der Waals surface area contributed by atoms with E-state index < -0.39 is 5.63 Å². The fraction of sp³-hybridized carbons (Fsp3) is 0.182. The highest BCUT2D eigenvalue weighted by molar-refractivity contribution is 5.80. The van der Waals surface area contributed by atoms with Crippen LogP contribution in [0, 0.1) is 0 Å². The third-order valence-corrected chi connectivity index (χ3v) is 2.08. The second-order valence-corrected chi connectivity index (χ2v) is 3.24. The molecule has 0 unspecified atom stereocenters. The number of nitrogen functional groups attached to an aromatic ring is 1. The Morgan fingerprint density at radius 3 is 2.94 bits per heavy atom. The minimum absolute atomic E-state index is 0.0954. The number of anilines is 1. The molecule has 2 N–H and O–H groups in total. The molecule has 2 rings (SSSR count). The molecule has 1 aromatic carbocycles. The van der Waals surface area contributed by atoms with Gasteiger partial charge in [0.15, 0.2) is 6.79 Å². The third kappa shape index (κ3) is 1.99. The Labute approximate surface area is 91.4 Å². The Kier molecular flexibility index (Phi) is 2.78. The molecule has 2 aromatic rings. The van der Waals surface area contributed by atoms with E-state index in [9.17, 15) is 4.79 Å². The summed E-state index contributed by atoms with van der Waals surface area (Å²) in [7, 11) is 1.53. The molecule has 0 radical (unpaired) electrons. The lowest BCUT2D eigenvalue weighted by molar-refractivity contribution is 0.0512. The van der Waals surface area contributed by atoms with Crippen molar-refractivity contribution in [1.29, 1.82) is 0 Å². The summed E-state index contributed by atoms with van der Waals surface area (Å²) in [6.07, 6.45) is 0. The van der Waals surface area contributed by atoms with Crippen LogP contribution < -0.4 is 16.1 Å². The van der Waals surface area contributed by atoms with E-state index in [1.54, 1.807) is 24.3 Å². The van der Waals surface area contributed by atoms with E-state index in [0.29, 0.717) is 11.3 Å². The van der Waals surface area contributed by atoms with Crippen LogP contribution in [0.25, 0.3) is 11.0 Å². The van der Waals surface area contributed by atoms with Crippen LogP contribution >= 0.6 is 0 Å². The van der Waals surface area contributed by atoms with Gasteiger partial charge in [-0.1, -0.05) is 0 Å². The number of methoxy groups -OCH3 is 1. The van der Waals surface area contributed by atoms with E-state index in [2.05, 4.69) is 0 Å². The van der Waals surface area contributed by atoms with Crippen LogP contribution in [0.15, 0.2) is 33.5 Å². The molecule has 0 aliphatic carbocycles. The molecule has 0 bridgehead atoms. The largest absolute Gasteiger partial charge is 0.467 e. The lowest BCUT2D eigenvalue weighted by Gasteiger charge is -2.05. The van der Waals surface area contributed by atoms with Gasteiger partial charge < -0.3 is 19.6 Å². The fourth-order valence-electron chi connectivity index (χ4n) is 1.32. The summed E-state index contributed by atoms with van der Waals surface area (Å²) in [5.74, 6) is 0.572. The van der Waals surface area contributed by atoms with Gasteiger partial charge in [0.25, 0.3) is 0 Å². The molecule has 1 aromatic heterocycles. The number of rotatable bonds is 3. The first-order valence-electron chi connectivity index (χ1n) is 4.66. The molecule has 0 aliphatic heterocycles. The second kappa shape index (κ2) is 4.24. The molecule has 1 heterocycles. The maximum absolute atomic E-state index is 11.2. The van der Waals surface area contributed by atoms with Gasteiger partial charge in [0.2, 0.25) is 0 Å². The van der Waals surface area contributed by atoms with Crippen LogP contribution in [0.3, 0.4) is 0 Å². The zero-order valence-corrected chi connectivity index (χ0v) is 8.73. The molecule has 0 aliphatic rings. The first-order valence-corrected chi connectivity index (χ1v) is 4.66. The van der Waals surface area contributed by atoms with Gasteiger partial charge in [0, 0.05) is 18.6 Å². The van der Waals surface area contributed by atoms with Crippen molar-refractivity contribution in [3.63, 3.8) is 0 Å². The van der Waals surface area contributed by atoms with Gasteiger partial charge in [-0.2, -0.15) is 0 Å². The maximum Gasteiger partial charge on any atom is 0.359 e. The first-order chi connectivity index (χ1) is 7.70. The molecule has 84 valence electrons. The highest BCUT2D eigenvalue weighted by Crippen LogP contribution is 2.20. The minimum atomic E-state index is -0.545. The molecule has 0 spiro atoms. The van der Waals surface area contributed by atoms with Gasteiger partial charge in [0.1, 0.15) is 17.0 Å². The molecule has 0 saturated heterocycles. The van der Waals surface area contributed by atoms with Crippen LogP contribution in [-0.2, 0) is 4.74 Å². The molecule has 5 nitrogen and oxygen atoms in total. The van der Waals surface area contributed by atoms with Crippen molar-refractivity contribution in [2.45, 2.75) is 0 Å². The van der Waals surface area contributed by atoms with E-state index in [1.165, 1.54) is 7.11 Å². The van der Waals surface area contributed by atoms with Crippen LogP contribution in [0.5, 0.6) is 5.75 Å². The van der Waals surface area contributed by atoms with Gasteiger partial charge >= 0.3 is 5.63 Å². The monoisotopic (exact) mass is 221 g/mol. The summed E-state index contributed by atoms with van der Waals surface area (Å²) in [6, 6.07) is 6.71. The normalized spacial score (nSPS) is 10.6. The zero-order valence-electron chi connectivity index (χ0n) is 8.73. The summed E-state index contributed by atoms with van der Waals surface area (Å²) in [4.78, 5) is 11.2. The van der Waals surface area contributed by atoms with Crippen LogP contribution in [0.4, 0.5) is 5.69 Å². The van der Waals surface area contributed by atoms with Gasteiger partial charge in [-0.05, 0) is 18.2 Å². The Balaban J connectivity index is 2.45. The minimum Gasteiger partial charge on any atom is -0.467 e. The van der Waals surface area contributed by atoms with Crippen molar-refractivity contribution < 1.29 is 13.9 Å². The second-order valence-electron chi connectivity index (χ2n) is 3.24. The van der Waals surface area contributed by atoms with Crippen molar-refractivity contribution in [2.24, 2.45) is 0 Å². The molecule has 16 heavy (non-hydrogen) atoms. The predicted molar refractivity (Wildman–Crippen MR) is 59.4 cm³/mol. The van der Waals surface area contributed by atoms with Gasteiger partial charge in [-0.15, -0.1) is 0 Å². The number of hydrogen-bond acceptors (Lipinski definition) is 5. The summed E-state index contributed by atoms with van der Waals surface area (Å²) in [6.45, 7) is 0.144. The topological polar surface area (TPSA) is 74.7 Å². The van der Waals surface area contributed by atoms with Crippen LogP contribution in [0.2, 0.25) is 0 Å². The van der Waals surface area contributed by atoms with Crippen LogP contribution in [0.1, 0.15) is 0 Å². The lowest BCUT2D eigenvalue weighted by atomic mass is 10.2. The zero-order chi connectivity index (χ0) is 11.5. The number of nitrogens with two attached hydrogens (primary N) is 1. The molecular weight excluding hydrogens is 210 g/mol. The van der Waals surface area contributed by atoms with Crippen molar-refractivity contribution in [1.82, 2.24) is 0 Å². The third-order valence-electron chi connectivity index (χ3n) is 2.08. The Bertz CT molecular complexity index is 561. The number of benzene rings is 1. The van der Waals surface area contributed by atoms with Crippen molar-refractivity contribution in [2.75, 3.05) is 19.6 Å². The molecular formula is C11H11NO4. The highest BCUT2D eigenvalue weighted by Gasteiger charge is 2.03. The highest BCUT2D eigenvalue weighted by atomic mass is 16.7. The van der Waals surface area contributed by atoms with Crippen molar-refractivity contribution in [3.05, 3.63) is 34.7 Å². The Morgan fingerprint density at radius 1 is 1.38 bits per heavy atom. The van der Waals surface area contributed by atoms with Crippen molar-refractivity contribution >= 4 is 16.7 Å². The molecule has 5 heteroatoms. The maximum atomic E-state index is 11.2. The average Bonchev–Trinajstić information content (AvgIpc) is 2.28. The van der Waals surface area contributed by atoms with Gasteiger partial charge in [0.05, 0.1) is 0 Å². The SMILES string of the molecule is COCOc1ccc2cc(N)c(=O)oc2c1. The molecule has 0 atom stereocenters. The average molecular weight is 221 g/mol. The Morgan fingerprint density at radius 2 is 2.19 bits per heavy atom. The fourth-order valence-corrected chi connectivity index (χ4v) is 1.32. The van der Waals surface area contributed by atoms with E-state index in [1.807, 2.05) is 0 Å². The predicted octanol–water partition coefficient (Wildman–Crippen LogP) is 1.36. The number of fused-ring (bicyclic) bond motifs is 1. The van der Waals surface area contributed by atoms with Crippen LogP contribution in [-0.4, -0.2) is 13.9 Å². The number of hydrogen-bond donors (Lipinski definition) is 1. The van der Waals surface area contributed by atoms with Gasteiger partial charge in [-0.3, -0.25) is 0 Å². The van der Waals surface area contributed by atoms with E-state index in [0.717, 1.165) is 5.39 Å². The Hall–Kier alpha value is -2.01. The number of ether oxygens (including phenoxy) is 2. The van der Waals surface area contributed by atoms with Gasteiger partial charge in [-0.25, -0.2) is 4.79 Å². The van der Waals surface area contributed by atoms with E-state index in [4.69, 9.17) is 19.6 Å². The molecule has 0 amide bonds. The smallest absolute Gasteiger partial charge is 0.359 e. The molecule has 0 fully saturated rings. The van der Waals surface area contributed by atoms with E-state index >= 15 is 0 Å². The van der Waals surface area contributed by atoms with E-state index in [-0.39, 0.29) is 12.5 Å². The summed E-state index contributed by atoms with van der Waals surface area (Å²) in [5.41, 5.74) is 5.43. The first kappa shape index (κ1) is 10.5. The lowest BCUT2D eigenvalue weighted by Crippen LogP contribution is -2.05. The summed E-state index contributed by atoms with van der Waals surface area (Å²) >= 11 is 0. The quantitative estimate of drug-likeness (QED) is 0.625. The van der Waals surface area contributed by atoms with Crippen molar-refractivity contribution in [3.8, 4) is 5.75 Å².